The van der Waals surface area contributed by atoms with Gasteiger partial charge in [-0.3, -0.25) is 4.79 Å². The number of amides is 1. The average molecular weight is 484 g/mol. The van der Waals surface area contributed by atoms with Crippen LogP contribution in [0.25, 0.3) is 11.5 Å². The van der Waals surface area contributed by atoms with Gasteiger partial charge in [0.1, 0.15) is 11.6 Å². The second-order valence-corrected chi connectivity index (χ2v) is 8.68. The van der Waals surface area contributed by atoms with Crippen molar-refractivity contribution >= 4 is 24.1 Å². The van der Waals surface area contributed by atoms with E-state index in [-0.39, 0.29) is 18.3 Å². The maximum Gasteiger partial charge on any atom is 0.261 e. The van der Waals surface area contributed by atoms with Gasteiger partial charge in [-0.15, -0.1) is 12.4 Å². The predicted octanol–water partition coefficient (Wildman–Crippen LogP) is 4.11. The first-order valence-electron chi connectivity index (χ1n) is 11.7. The summed E-state index contributed by atoms with van der Waals surface area (Å²) in [6.45, 7) is 2.97. The van der Waals surface area contributed by atoms with Gasteiger partial charge < -0.3 is 19.1 Å². The number of carbonyl (C=O) groups excluding carboxylic acids is 1. The van der Waals surface area contributed by atoms with Gasteiger partial charge in [0, 0.05) is 44.7 Å². The Bertz CT molecular complexity index is 1120. The van der Waals surface area contributed by atoms with Gasteiger partial charge in [-0.25, -0.2) is 4.98 Å². The van der Waals surface area contributed by atoms with Crippen LogP contribution in [0.1, 0.15) is 43.0 Å². The zero-order valence-corrected chi connectivity index (χ0v) is 20.2. The molecule has 5 rings (SSSR count). The van der Waals surface area contributed by atoms with Crippen molar-refractivity contribution in [1.29, 1.82) is 0 Å². The molecule has 0 unspecified atom stereocenters. The van der Waals surface area contributed by atoms with Crippen molar-refractivity contribution in [2.24, 2.45) is 0 Å². The number of aromatic nitrogens is 3. The topological polar surface area (TPSA) is 84.6 Å². The lowest BCUT2D eigenvalue weighted by Crippen LogP contribution is -2.35. The van der Waals surface area contributed by atoms with Crippen molar-refractivity contribution in [3.05, 3.63) is 54.0 Å². The van der Waals surface area contributed by atoms with E-state index in [0.717, 1.165) is 67.4 Å². The van der Waals surface area contributed by atoms with Crippen molar-refractivity contribution in [3.8, 4) is 17.2 Å². The lowest BCUT2D eigenvalue weighted by atomic mass is 10.1. The number of anilines is 1. The van der Waals surface area contributed by atoms with Gasteiger partial charge in [-0.1, -0.05) is 17.3 Å². The molecule has 2 fully saturated rings. The Balaban J connectivity index is 0.00000274. The van der Waals surface area contributed by atoms with E-state index in [9.17, 15) is 4.79 Å². The molecule has 0 bridgehead atoms. The molecule has 9 heteroatoms. The zero-order chi connectivity index (χ0) is 22.6. The zero-order valence-electron chi connectivity index (χ0n) is 19.4. The maximum absolute atomic E-state index is 12.9. The van der Waals surface area contributed by atoms with E-state index in [2.05, 4.69) is 20.0 Å². The lowest BCUT2D eigenvalue weighted by molar-refractivity contribution is -0.130. The van der Waals surface area contributed by atoms with Gasteiger partial charge in [0.15, 0.2) is 5.82 Å². The number of ether oxygens (including phenoxy) is 1. The van der Waals surface area contributed by atoms with E-state index in [4.69, 9.17) is 9.26 Å². The molecule has 3 aromatic rings. The molecule has 1 aliphatic heterocycles. The van der Waals surface area contributed by atoms with E-state index < -0.39 is 0 Å². The molecule has 2 aromatic heterocycles. The molecule has 1 saturated heterocycles. The van der Waals surface area contributed by atoms with Gasteiger partial charge in [0.25, 0.3) is 5.89 Å². The van der Waals surface area contributed by atoms with Crippen LogP contribution in [-0.4, -0.2) is 59.2 Å². The largest absolute Gasteiger partial charge is 0.497 e. The minimum Gasteiger partial charge on any atom is -0.497 e. The van der Waals surface area contributed by atoms with Crippen molar-refractivity contribution in [1.82, 2.24) is 20.0 Å². The molecule has 1 aromatic carbocycles. The molecule has 0 radical (unpaired) electrons. The molecule has 2 aliphatic rings. The molecule has 0 atom stereocenters. The van der Waals surface area contributed by atoms with E-state index in [1.165, 1.54) is 0 Å². The van der Waals surface area contributed by atoms with Crippen molar-refractivity contribution < 1.29 is 14.1 Å². The Morgan fingerprint density at radius 2 is 2.03 bits per heavy atom. The Morgan fingerprint density at radius 3 is 2.85 bits per heavy atom. The van der Waals surface area contributed by atoms with E-state index >= 15 is 0 Å². The van der Waals surface area contributed by atoms with Crippen molar-refractivity contribution in [3.63, 3.8) is 0 Å². The van der Waals surface area contributed by atoms with Crippen LogP contribution in [0.15, 0.2) is 47.1 Å². The summed E-state index contributed by atoms with van der Waals surface area (Å²) in [5, 5.41) is 4.16. The fraction of sp³-hybridized carbons (Fsp3) is 0.440. The smallest absolute Gasteiger partial charge is 0.261 e. The normalized spacial score (nSPS) is 16.0. The van der Waals surface area contributed by atoms with Crippen LogP contribution < -0.4 is 9.64 Å². The number of hydrogen-bond donors (Lipinski definition) is 0. The fourth-order valence-corrected chi connectivity index (χ4v) is 4.28. The van der Waals surface area contributed by atoms with E-state index in [1.54, 1.807) is 13.3 Å². The number of halogens is 1. The molecule has 1 aliphatic carbocycles. The molecular formula is C25H30ClN5O3. The molecular weight excluding hydrogens is 454 g/mol. The number of benzene rings is 1. The lowest BCUT2D eigenvalue weighted by Gasteiger charge is -2.24. The molecule has 0 spiro atoms. The molecule has 180 valence electrons. The number of carbonyl (C=O) groups is 1. The Hall–Kier alpha value is -3.13. The SMILES string of the molecule is COc1cccc(CCC(=O)N2CCCN(c3ncccc3-c3nc(C4CC4)no3)CC2)c1.Cl. The van der Waals surface area contributed by atoms with Gasteiger partial charge >= 0.3 is 0 Å². The van der Waals surface area contributed by atoms with Crippen LogP contribution >= 0.6 is 12.4 Å². The van der Waals surface area contributed by atoms with Gasteiger partial charge in [0.05, 0.1) is 12.7 Å². The summed E-state index contributed by atoms with van der Waals surface area (Å²) in [5.74, 6) is 3.61. The fourth-order valence-electron chi connectivity index (χ4n) is 4.28. The summed E-state index contributed by atoms with van der Waals surface area (Å²) >= 11 is 0. The monoisotopic (exact) mass is 483 g/mol. The van der Waals surface area contributed by atoms with Crippen LogP contribution in [0.4, 0.5) is 5.82 Å². The average Bonchev–Trinajstić information content (AvgIpc) is 3.64. The standard InChI is InChI=1S/C25H29N5O3.ClH/c1-32-20-6-2-5-18(17-20)8-11-22(31)29-13-4-14-30(16-15-29)24-21(7-3-12-26-24)25-27-23(28-33-25)19-9-10-19;/h2-3,5-7,12,17,19H,4,8-11,13-16H2,1H3;1H. The van der Waals surface area contributed by atoms with Crippen LogP contribution in [0, 0.1) is 0 Å². The first kappa shape index (κ1) is 24.0. The Morgan fingerprint density at radius 1 is 1.15 bits per heavy atom. The number of hydrogen-bond acceptors (Lipinski definition) is 7. The number of aryl methyl sites for hydroxylation is 1. The molecule has 34 heavy (non-hydrogen) atoms. The number of rotatable bonds is 7. The third-order valence-corrected chi connectivity index (χ3v) is 6.31. The van der Waals surface area contributed by atoms with E-state index in [1.807, 2.05) is 41.3 Å². The molecule has 1 amide bonds. The molecule has 0 N–H and O–H groups in total. The van der Waals surface area contributed by atoms with Gasteiger partial charge in [0.2, 0.25) is 5.91 Å². The summed E-state index contributed by atoms with van der Waals surface area (Å²) in [4.78, 5) is 26.4. The molecule has 1 saturated carbocycles. The van der Waals surface area contributed by atoms with E-state index in [0.29, 0.717) is 31.2 Å². The van der Waals surface area contributed by atoms with Crippen LogP contribution in [0.5, 0.6) is 5.75 Å². The maximum atomic E-state index is 12.9. The third kappa shape index (κ3) is 5.50. The van der Waals surface area contributed by atoms with Crippen LogP contribution in [0.2, 0.25) is 0 Å². The highest BCUT2D eigenvalue weighted by Gasteiger charge is 2.30. The highest BCUT2D eigenvalue weighted by atomic mass is 35.5. The van der Waals surface area contributed by atoms with Crippen LogP contribution in [0.3, 0.4) is 0 Å². The van der Waals surface area contributed by atoms with Crippen molar-refractivity contribution in [2.45, 2.75) is 38.0 Å². The van der Waals surface area contributed by atoms with Crippen LogP contribution in [-0.2, 0) is 11.2 Å². The first-order valence-corrected chi connectivity index (χ1v) is 11.7. The highest BCUT2D eigenvalue weighted by Crippen LogP contribution is 2.39. The van der Waals surface area contributed by atoms with Gasteiger partial charge in [-0.2, -0.15) is 4.98 Å². The number of pyridine rings is 1. The predicted molar refractivity (Wildman–Crippen MR) is 131 cm³/mol. The Kier molecular flexibility index (Phi) is 7.67. The van der Waals surface area contributed by atoms with Gasteiger partial charge in [-0.05, 0) is 55.5 Å². The quantitative estimate of drug-likeness (QED) is 0.500. The number of methoxy groups -OCH3 is 1. The number of nitrogens with zero attached hydrogens (tertiary/aromatic N) is 5. The molecule has 8 nitrogen and oxygen atoms in total. The summed E-state index contributed by atoms with van der Waals surface area (Å²) < 4.78 is 10.8. The summed E-state index contributed by atoms with van der Waals surface area (Å²) in [5.41, 5.74) is 1.97. The molecule has 3 heterocycles. The van der Waals surface area contributed by atoms with Crippen molar-refractivity contribution in [2.75, 3.05) is 38.2 Å². The summed E-state index contributed by atoms with van der Waals surface area (Å²) in [6.07, 6.45) is 6.14. The minimum absolute atomic E-state index is 0. The third-order valence-electron chi connectivity index (χ3n) is 6.31. The second kappa shape index (κ2) is 10.9. The first-order chi connectivity index (χ1) is 16.2. The summed E-state index contributed by atoms with van der Waals surface area (Å²) in [7, 11) is 1.66. The highest BCUT2D eigenvalue weighted by molar-refractivity contribution is 5.85. The Labute approximate surface area is 205 Å². The summed E-state index contributed by atoms with van der Waals surface area (Å²) in [6, 6.07) is 11.8. The minimum atomic E-state index is 0. The second-order valence-electron chi connectivity index (χ2n) is 8.68.